The Balaban J connectivity index is 2.88. The summed E-state index contributed by atoms with van der Waals surface area (Å²) in [5, 5.41) is 18.0. The van der Waals surface area contributed by atoms with Crippen molar-refractivity contribution >= 4 is 17.6 Å². The first-order valence-corrected chi connectivity index (χ1v) is 6.77. The van der Waals surface area contributed by atoms with Crippen LogP contribution in [-0.4, -0.2) is 60.8 Å². The minimum atomic E-state index is -0.972. The van der Waals surface area contributed by atoms with Crippen molar-refractivity contribution in [2.75, 3.05) is 38.6 Å². The number of carboxylic acids is 2. The topological polar surface area (TPSA) is 81.1 Å². The molecule has 6 heteroatoms. The molecule has 0 fully saturated rings. The lowest BCUT2D eigenvalue weighted by Gasteiger charge is -2.28. The van der Waals surface area contributed by atoms with Crippen molar-refractivity contribution in [2.24, 2.45) is 5.92 Å². The average molecular weight is 294 g/mol. The van der Waals surface area contributed by atoms with Crippen molar-refractivity contribution in [3.63, 3.8) is 0 Å². The van der Waals surface area contributed by atoms with Crippen LogP contribution in [0.2, 0.25) is 0 Å². The molecule has 0 saturated heterocycles. The lowest BCUT2D eigenvalue weighted by Crippen LogP contribution is -2.36. The molecule has 0 heterocycles. The molecule has 1 atom stereocenters. The van der Waals surface area contributed by atoms with E-state index in [1.165, 1.54) is 12.1 Å². The standard InChI is InChI=1S/C15H22N2O4/c1-11(14(18)19)10-17(9-8-16(2)3)13-6-4-12(5-7-13)15(20)21/h4-7,11H,8-10H2,1-3H3,(H,18,19)(H,20,21). The molecular formula is C15H22N2O4. The average Bonchev–Trinajstić information content (AvgIpc) is 2.42. The van der Waals surface area contributed by atoms with Crippen LogP contribution in [-0.2, 0) is 4.79 Å². The van der Waals surface area contributed by atoms with Crippen LogP contribution in [0.1, 0.15) is 17.3 Å². The maximum absolute atomic E-state index is 11.0. The first kappa shape index (κ1) is 17.0. The zero-order chi connectivity index (χ0) is 16.0. The molecule has 2 N–H and O–H groups in total. The molecule has 0 spiro atoms. The van der Waals surface area contributed by atoms with Gasteiger partial charge in [0.2, 0.25) is 0 Å². The van der Waals surface area contributed by atoms with Crippen LogP contribution in [0, 0.1) is 5.92 Å². The van der Waals surface area contributed by atoms with Crippen molar-refractivity contribution in [1.82, 2.24) is 4.90 Å². The van der Waals surface area contributed by atoms with Gasteiger partial charge in [-0.15, -0.1) is 0 Å². The van der Waals surface area contributed by atoms with Gasteiger partial charge < -0.3 is 20.0 Å². The third kappa shape index (κ3) is 5.43. The number of hydrogen-bond acceptors (Lipinski definition) is 4. The third-order valence-corrected chi connectivity index (χ3v) is 3.21. The van der Waals surface area contributed by atoms with Gasteiger partial charge in [-0.2, -0.15) is 0 Å². The molecule has 21 heavy (non-hydrogen) atoms. The first-order chi connectivity index (χ1) is 9.81. The molecule has 1 aromatic carbocycles. The number of carboxylic acid groups (broad SMARTS) is 2. The summed E-state index contributed by atoms with van der Waals surface area (Å²) < 4.78 is 0. The SMILES string of the molecule is CC(CN(CCN(C)C)c1ccc(C(=O)O)cc1)C(=O)O. The Morgan fingerprint density at radius 1 is 1.10 bits per heavy atom. The summed E-state index contributed by atoms with van der Waals surface area (Å²) in [5.41, 5.74) is 1.05. The second kappa shape index (κ2) is 7.64. The van der Waals surface area contributed by atoms with E-state index >= 15 is 0 Å². The van der Waals surface area contributed by atoms with E-state index in [1.54, 1.807) is 19.1 Å². The van der Waals surface area contributed by atoms with E-state index in [0.717, 1.165) is 12.2 Å². The number of aromatic carboxylic acids is 1. The monoisotopic (exact) mass is 294 g/mol. The zero-order valence-corrected chi connectivity index (χ0v) is 12.6. The molecule has 0 aliphatic heterocycles. The quantitative estimate of drug-likeness (QED) is 0.756. The van der Waals surface area contributed by atoms with Gasteiger partial charge in [0, 0.05) is 25.3 Å². The summed E-state index contributed by atoms with van der Waals surface area (Å²) in [6.45, 7) is 3.51. The molecule has 0 aliphatic rings. The maximum Gasteiger partial charge on any atom is 0.335 e. The number of aliphatic carboxylic acids is 1. The third-order valence-electron chi connectivity index (χ3n) is 3.21. The van der Waals surface area contributed by atoms with Gasteiger partial charge in [0.05, 0.1) is 11.5 Å². The highest BCUT2D eigenvalue weighted by molar-refractivity contribution is 5.88. The Labute approximate surface area is 124 Å². The number of anilines is 1. The zero-order valence-electron chi connectivity index (χ0n) is 12.6. The van der Waals surface area contributed by atoms with E-state index in [4.69, 9.17) is 10.2 Å². The van der Waals surface area contributed by atoms with Crippen molar-refractivity contribution in [2.45, 2.75) is 6.92 Å². The number of hydrogen-bond donors (Lipinski definition) is 2. The van der Waals surface area contributed by atoms with Crippen molar-refractivity contribution in [1.29, 1.82) is 0 Å². The van der Waals surface area contributed by atoms with E-state index in [9.17, 15) is 9.59 Å². The molecule has 6 nitrogen and oxygen atoms in total. The highest BCUT2D eigenvalue weighted by Gasteiger charge is 2.17. The van der Waals surface area contributed by atoms with Crippen molar-refractivity contribution in [3.8, 4) is 0 Å². The minimum Gasteiger partial charge on any atom is -0.481 e. The molecule has 0 aromatic heterocycles. The Kier molecular flexibility index (Phi) is 6.17. The van der Waals surface area contributed by atoms with Crippen LogP contribution in [0.15, 0.2) is 24.3 Å². The fraction of sp³-hybridized carbons (Fsp3) is 0.467. The fourth-order valence-electron chi connectivity index (χ4n) is 1.87. The summed E-state index contributed by atoms with van der Waals surface area (Å²) >= 11 is 0. The first-order valence-electron chi connectivity index (χ1n) is 6.77. The maximum atomic E-state index is 11.0. The lowest BCUT2D eigenvalue weighted by atomic mass is 10.1. The highest BCUT2D eigenvalue weighted by Crippen LogP contribution is 2.17. The van der Waals surface area contributed by atoms with Gasteiger partial charge in [0.1, 0.15) is 0 Å². The Morgan fingerprint density at radius 3 is 2.10 bits per heavy atom. The van der Waals surface area contributed by atoms with Crippen LogP contribution in [0.25, 0.3) is 0 Å². The van der Waals surface area contributed by atoms with Gasteiger partial charge in [0.25, 0.3) is 0 Å². The summed E-state index contributed by atoms with van der Waals surface area (Å²) in [4.78, 5) is 25.9. The number of rotatable bonds is 8. The normalized spacial score (nSPS) is 12.2. The van der Waals surface area contributed by atoms with Crippen molar-refractivity contribution < 1.29 is 19.8 Å². The van der Waals surface area contributed by atoms with Gasteiger partial charge in [-0.1, -0.05) is 6.92 Å². The smallest absolute Gasteiger partial charge is 0.335 e. The Hall–Kier alpha value is -2.08. The molecule has 0 amide bonds. The van der Waals surface area contributed by atoms with Crippen LogP contribution >= 0.6 is 0 Å². The van der Waals surface area contributed by atoms with Gasteiger partial charge >= 0.3 is 11.9 Å². The van der Waals surface area contributed by atoms with Gasteiger partial charge in [-0.25, -0.2) is 4.79 Å². The number of carbonyl (C=O) groups is 2. The van der Waals surface area contributed by atoms with E-state index < -0.39 is 17.9 Å². The van der Waals surface area contributed by atoms with Gasteiger partial charge in [-0.3, -0.25) is 4.79 Å². The molecule has 0 bridgehead atoms. The van der Waals surface area contributed by atoms with Crippen LogP contribution in [0.4, 0.5) is 5.69 Å². The fourth-order valence-corrected chi connectivity index (χ4v) is 1.87. The van der Waals surface area contributed by atoms with Crippen molar-refractivity contribution in [3.05, 3.63) is 29.8 Å². The molecule has 0 aliphatic carbocycles. The molecule has 1 unspecified atom stereocenters. The number of likely N-dealkylation sites (N-methyl/N-ethyl adjacent to an activating group) is 1. The largest absolute Gasteiger partial charge is 0.481 e. The van der Waals surface area contributed by atoms with E-state index in [1.807, 2.05) is 23.9 Å². The minimum absolute atomic E-state index is 0.220. The molecule has 1 rings (SSSR count). The van der Waals surface area contributed by atoms with Crippen LogP contribution in [0.3, 0.4) is 0 Å². The summed E-state index contributed by atoms with van der Waals surface area (Å²) in [5.74, 6) is -2.31. The molecule has 0 saturated carbocycles. The van der Waals surface area contributed by atoms with Gasteiger partial charge in [0.15, 0.2) is 0 Å². The van der Waals surface area contributed by atoms with E-state index in [2.05, 4.69) is 0 Å². The Morgan fingerprint density at radius 2 is 1.67 bits per heavy atom. The second-order valence-corrected chi connectivity index (χ2v) is 5.34. The lowest BCUT2D eigenvalue weighted by molar-refractivity contribution is -0.140. The highest BCUT2D eigenvalue weighted by atomic mass is 16.4. The van der Waals surface area contributed by atoms with Crippen LogP contribution in [0.5, 0.6) is 0 Å². The Bertz CT molecular complexity index is 485. The number of benzene rings is 1. The molecule has 1 aromatic rings. The molecule has 116 valence electrons. The molecular weight excluding hydrogens is 272 g/mol. The second-order valence-electron chi connectivity index (χ2n) is 5.34. The predicted molar refractivity (Wildman–Crippen MR) is 81.0 cm³/mol. The van der Waals surface area contributed by atoms with Gasteiger partial charge in [-0.05, 0) is 38.4 Å². The van der Waals surface area contributed by atoms with Crippen LogP contribution < -0.4 is 4.90 Å². The summed E-state index contributed by atoms with van der Waals surface area (Å²) in [6.07, 6.45) is 0. The van der Waals surface area contributed by atoms with E-state index in [-0.39, 0.29) is 5.56 Å². The summed E-state index contributed by atoms with van der Waals surface area (Å²) in [7, 11) is 3.90. The van der Waals surface area contributed by atoms with E-state index in [0.29, 0.717) is 13.1 Å². The number of nitrogens with zero attached hydrogens (tertiary/aromatic N) is 2. The molecule has 0 radical (unpaired) electrons. The summed E-state index contributed by atoms with van der Waals surface area (Å²) in [6, 6.07) is 6.50. The predicted octanol–water partition coefficient (Wildman–Crippen LogP) is 1.47.